The SMILES string of the molecule is CC(C)c1nn(CC(=O)N[C@@H]2CCCN(C(=O)OC(C)(C)C)C2)c(=O)n2nc(Br)cc12. The molecule has 1 aliphatic heterocycles. The van der Waals surface area contributed by atoms with Gasteiger partial charge in [0.05, 0.1) is 11.2 Å². The molecule has 1 saturated heterocycles. The van der Waals surface area contributed by atoms with E-state index in [-0.39, 0.29) is 30.5 Å². The standard InChI is InChI=1S/C20H29BrN6O4/c1-12(2)17-14-9-15(21)23-27(14)18(29)26(24-17)11-16(28)22-13-7-6-8-25(10-13)19(30)31-20(3,4)5/h9,12-13H,6-8,10-11H2,1-5H3,(H,22,28)/t13-/m1/s1. The molecule has 170 valence electrons. The lowest BCUT2D eigenvalue weighted by atomic mass is 10.1. The zero-order valence-electron chi connectivity index (χ0n) is 18.5. The molecule has 0 aliphatic carbocycles. The van der Waals surface area contributed by atoms with E-state index in [4.69, 9.17) is 4.74 Å². The molecule has 2 aromatic rings. The molecule has 0 radical (unpaired) electrons. The number of amides is 2. The quantitative estimate of drug-likeness (QED) is 0.694. The average molecular weight is 497 g/mol. The molecule has 3 heterocycles. The van der Waals surface area contributed by atoms with Crippen molar-refractivity contribution in [2.45, 2.75) is 71.6 Å². The first kappa shape index (κ1) is 23.2. The van der Waals surface area contributed by atoms with Crippen LogP contribution in [0, 0.1) is 0 Å². The van der Waals surface area contributed by atoms with Gasteiger partial charge in [0.15, 0.2) is 0 Å². The highest BCUT2D eigenvalue weighted by atomic mass is 79.9. The molecule has 1 atom stereocenters. The molecule has 1 aliphatic rings. The van der Waals surface area contributed by atoms with E-state index in [2.05, 4.69) is 31.4 Å². The van der Waals surface area contributed by atoms with Gasteiger partial charge in [0.25, 0.3) is 0 Å². The van der Waals surface area contributed by atoms with Crippen molar-refractivity contribution in [3.8, 4) is 0 Å². The average Bonchev–Trinajstić information content (AvgIpc) is 3.04. The number of fused-ring (bicyclic) bond motifs is 1. The van der Waals surface area contributed by atoms with Crippen molar-refractivity contribution in [3.05, 3.63) is 26.8 Å². The number of nitrogens with one attached hydrogen (secondary N) is 1. The fraction of sp³-hybridized carbons (Fsp3) is 0.650. The number of carbonyl (C=O) groups excluding carboxylic acids is 2. The Kier molecular flexibility index (Phi) is 6.73. The van der Waals surface area contributed by atoms with E-state index >= 15 is 0 Å². The summed E-state index contributed by atoms with van der Waals surface area (Å²) in [5.74, 6) is -0.298. The van der Waals surface area contributed by atoms with Crippen LogP contribution in [-0.2, 0) is 16.1 Å². The van der Waals surface area contributed by atoms with Crippen molar-refractivity contribution in [1.29, 1.82) is 0 Å². The summed E-state index contributed by atoms with van der Waals surface area (Å²) < 4.78 is 8.34. The van der Waals surface area contributed by atoms with E-state index in [9.17, 15) is 14.4 Å². The third kappa shape index (κ3) is 5.63. The van der Waals surface area contributed by atoms with Gasteiger partial charge in [-0.3, -0.25) is 4.79 Å². The van der Waals surface area contributed by atoms with Gasteiger partial charge in [-0.05, 0) is 55.5 Å². The fourth-order valence-corrected chi connectivity index (χ4v) is 3.90. The Bertz CT molecular complexity index is 1040. The fourth-order valence-electron chi connectivity index (χ4n) is 3.52. The lowest BCUT2D eigenvalue weighted by Crippen LogP contribution is -2.51. The lowest BCUT2D eigenvalue weighted by molar-refractivity contribution is -0.123. The first-order valence-corrected chi connectivity index (χ1v) is 11.2. The van der Waals surface area contributed by atoms with Crippen LogP contribution in [0.15, 0.2) is 15.5 Å². The molecule has 31 heavy (non-hydrogen) atoms. The molecule has 0 spiro atoms. The monoisotopic (exact) mass is 496 g/mol. The Morgan fingerprint density at radius 3 is 2.68 bits per heavy atom. The van der Waals surface area contributed by atoms with Crippen molar-refractivity contribution in [3.63, 3.8) is 0 Å². The minimum atomic E-state index is -0.575. The van der Waals surface area contributed by atoms with Gasteiger partial charge in [-0.25, -0.2) is 14.3 Å². The largest absolute Gasteiger partial charge is 0.444 e. The Morgan fingerprint density at radius 2 is 2.03 bits per heavy atom. The van der Waals surface area contributed by atoms with Gasteiger partial charge in [-0.1, -0.05) is 13.8 Å². The predicted octanol–water partition coefficient (Wildman–Crippen LogP) is 2.29. The minimum absolute atomic E-state index is 0.0433. The van der Waals surface area contributed by atoms with Crippen LogP contribution in [0.25, 0.3) is 5.52 Å². The van der Waals surface area contributed by atoms with Gasteiger partial charge >= 0.3 is 11.8 Å². The van der Waals surface area contributed by atoms with E-state index in [1.807, 2.05) is 34.6 Å². The van der Waals surface area contributed by atoms with E-state index in [0.29, 0.717) is 28.9 Å². The number of aromatic nitrogens is 4. The third-order valence-electron chi connectivity index (χ3n) is 4.85. The third-order valence-corrected chi connectivity index (χ3v) is 5.24. The summed E-state index contributed by atoms with van der Waals surface area (Å²) in [6, 6.07) is 1.53. The van der Waals surface area contributed by atoms with Gasteiger partial charge in [-0.15, -0.1) is 0 Å². The number of halogens is 1. The van der Waals surface area contributed by atoms with Gasteiger partial charge in [0.1, 0.15) is 16.7 Å². The number of nitrogens with zero attached hydrogens (tertiary/aromatic N) is 5. The Hall–Kier alpha value is -2.43. The summed E-state index contributed by atoms with van der Waals surface area (Å²) in [5.41, 5.74) is 0.233. The molecule has 10 nitrogen and oxygen atoms in total. The molecule has 0 unspecified atom stereocenters. The maximum atomic E-state index is 12.7. The van der Waals surface area contributed by atoms with E-state index in [1.165, 1.54) is 4.52 Å². The van der Waals surface area contributed by atoms with Gasteiger partial charge in [0.2, 0.25) is 5.91 Å². The topological polar surface area (TPSA) is 111 Å². The van der Waals surface area contributed by atoms with Crippen molar-refractivity contribution in [2.75, 3.05) is 13.1 Å². The van der Waals surface area contributed by atoms with Crippen LogP contribution in [0.5, 0.6) is 0 Å². The molecule has 1 N–H and O–H groups in total. The van der Waals surface area contributed by atoms with Gasteiger partial charge in [-0.2, -0.15) is 14.7 Å². The number of likely N-dealkylation sites (tertiary alicyclic amines) is 1. The van der Waals surface area contributed by atoms with Crippen molar-refractivity contribution >= 4 is 33.4 Å². The molecular weight excluding hydrogens is 468 g/mol. The number of ether oxygens (including phenoxy) is 1. The van der Waals surface area contributed by atoms with Crippen LogP contribution >= 0.6 is 15.9 Å². The lowest BCUT2D eigenvalue weighted by Gasteiger charge is -2.34. The molecule has 2 amide bonds. The first-order chi connectivity index (χ1) is 14.4. The van der Waals surface area contributed by atoms with Crippen molar-refractivity contribution < 1.29 is 14.3 Å². The van der Waals surface area contributed by atoms with Crippen molar-refractivity contribution in [2.24, 2.45) is 0 Å². The summed E-state index contributed by atoms with van der Waals surface area (Å²) in [4.78, 5) is 39.4. The molecule has 11 heteroatoms. The van der Waals surface area contributed by atoms with Crippen LogP contribution in [0.2, 0.25) is 0 Å². The van der Waals surface area contributed by atoms with E-state index in [1.54, 1.807) is 11.0 Å². The van der Waals surface area contributed by atoms with E-state index < -0.39 is 11.3 Å². The molecule has 3 rings (SSSR count). The highest BCUT2D eigenvalue weighted by Crippen LogP contribution is 2.19. The van der Waals surface area contributed by atoms with Crippen molar-refractivity contribution in [1.82, 2.24) is 29.6 Å². The number of rotatable bonds is 4. The Morgan fingerprint density at radius 1 is 1.32 bits per heavy atom. The minimum Gasteiger partial charge on any atom is -0.444 e. The first-order valence-electron chi connectivity index (χ1n) is 10.4. The van der Waals surface area contributed by atoms with Crippen LogP contribution in [0.1, 0.15) is 59.1 Å². The summed E-state index contributed by atoms with van der Waals surface area (Å²) in [7, 11) is 0. The zero-order chi connectivity index (χ0) is 22.9. The Balaban J connectivity index is 1.71. The molecule has 0 bridgehead atoms. The summed E-state index contributed by atoms with van der Waals surface area (Å²) >= 11 is 3.29. The second kappa shape index (κ2) is 8.97. The van der Waals surface area contributed by atoms with Crippen LogP contribution < -0.4 is 11.0 Å². The number of hydrogen-bond acceptors (Lipinski definition) is 6. The Labute approximate surface area is 189 Å². The second-order valence-corrected chi connectivity index (χ2v) is 9.89. The molecule has 0 saturated carbocycles. The summed E-state index contributed by atoms with van der Waals surface area (Å²) in [5, 5.41) is 11.5. The number of hydrogen-bond donors (Lipinski definition) is 1. The highest BCUT2D eigenvalue weighted by molar-refractivity contribution is 9.10. The van der Waals surface area contributed by atoms with E-state index in [0.717, 1.165) is 17.5 Å². The maximum Gasteiger partial charge on any atom is 0.410 e. The van der Waals surface area contributed by atoms with Crippen LogP contribution in [0.4, 0.5) is 4.79 Å². The van der Waals surface area contributed by atoms with Gasteiger partial charge in [0, 0.05) is 25.2 Å². The predicted molar refractivity (Wildman–Crippen MR) is 118 cm³/mol. The molecule has 1 fully saturated rings. The van der Waals surface area contributed by atoms with Crippen LogP contribution in [-0.4, -0.2) is 61.0 Å². The molecule has 2 aromatic heterocycles. The second-order valence-electron chi connectivity index (χ2n) is 9.08. The summed E-state index contributed by atoms with van der Waals surface area (Å²) in [6.45, 7) is 10.1. The normalized spacial score (nSPS) is 17.3. The molecule has 0 aromatic carbocycles. The van der Waals surface area contributed by atoms with Crippen LogP contribution in [0.3, 0.4) is 0 Å². The maximum absolute atomic E-state index is 12.7. The number of carbonyl (C=O) groups is 2. The number of piperidine rings is 1. The molecular formula is C20H29BrN6O4. The zero-order valence-corrected chi connectivity index (χ0v) is 20.1. The summed E-state index contributed by atoms with van der Waals surface area (Å²) in [6.07, 6.45) is 1.11. The smallest absolute Gasteiger partial charge is 0.410 e. The highest BCUT2D eigenvalue weighted by Gasteiger charge is 2.28. The van der Waals surface area contributed by atoms with Gasteiger partial charge < -0.3 is 15.0 Å².